The van der Waals surface area contributed by atoms with Gasteiger partial charge >= 0.3 is 0 Å². The molecule has 0 unspecified atom stereocenters. The zero-order chi connectivity index (χ0) is 19.2. The highest BCUT2D eigenvalue weighted by Crippen LogP contribution is 2.24. The maximum Gasteiger partial charge on any atom is 0.269 e. The van der Waals surface area contributed by atoms with Crippen molar-refractivity contribution in [3.05, 3.63) is 70.8 Å². The highest BCUT2D eigenvalue weighted by Gasteiger charge is 2.03. The van der Waals surface area contributed by atoms with Crippen molar-refractivity contribution in [3.63, 3.8) is 0 Å². The molecule has 0 atom stereocenters. The maximum atomic E-state index is 10.6. The second-order valence-electron chi connectivity index (χ2n) is 5.81. The van der Waals surface area contributed by atoms with Gasteiger partial charge in [0.2, 0.25) is 0 Å². The third-order valence-electron chi connectivity index (χ3n) is 3.63. The van der Waals surface area contributed by atoms with Gasteiger partial charge in [-0.25, -0.2) is 0 Å². The normalized spacial score (nSPS) is 11.3. The van der Waals surface area contributed by atoms with Crippen molar-refractivity contribution in [1.29, 1.82) is 0 Å². The van der Waals surface area contributed by atoms with Crippen LogP contribution >= 0.6 is 0 Å². The Bertz CT molecular complexity index is 974. The number of nitrogens with one attached hydrogen (secondary N) is 1. The van der Waals surface area contributed by atoms with E-state index in [2.05, 4.69) is 25.4 Å². The van der Waals surface area contributed by atoms with E-state index >= 15 is 0 Å². The predicted octanol–water partition coefficient (Wildman–Crippen LogP) is 5.82. The maximum absolute atomic E-state index is 10.6. The van der Waals surface area contributed by atoms with E-state index in [4.69, 9.17) is 0 Å². The number of non-ortho nitro benzene ring substituents is 1. The number of anilines is 1. The number of rotatable bonds is 6. The van der Waals surface area contributed by atoms with Crippen LogP contribution in [0.25, 0.3) is 0 Å². The number of hydrogen-bond acceptors (Lipinski definition) is 7. The fourth-order valence-electron chi connectivity index (χ4n) is 2.17. The Morgan fingerprint density at radius 1 is 0.778 bits per heavy atom. The lowest BCUT2D eigenvalue weighted by atomic mass is 10.3. The molecule has 0 bridgehead atoms. The van der Waals surface area contributed by atoms with Crippen molar-refractivity contribution < 1.29 is 4.92 Å². The average molecular weight is 363 g/mol. The summed E-state index contributed by atoms with van der Waals surface area (Å²) in [5, 5.41) is 27.0. The molecule has 9 heteroatoms. The summed E-state index contributed by atoms with van der Waals surface area (Å²) in [5.74, 6) is 1.05. The fourth-order valence-corrected chi connectivity index (χ4v) is 2.17. The van der Waals surface area contributed by atoms with Gasteiger partial charge in [0.05, 0.1) is 16.3 Å². The molecule has 1 N–H and O–H groups in total. The molecule has 136 valence electrons. The zero-order valence-corrected chi connectivity index (χ0v) is 14.8. The molecule has 0 aliphatic heterocycles. The average Bonchev–Trinajstić information content (AvgIpc) is 3.13. The molecule has 0 aliphatic rings. The van der Waals surface area contributed by atoms with Crippen molar-refractivity contribution >= 4 is 34.4 Å². The van der Waals surface area contributed by atoms with Crippen LogP contribution in [0.3, 0.4) is 0 Å². The molecule has 0 saturated carbocycles. The van der Waals surface area contributed by atoms with E-state index < -0.39 is 4.92 Å². The van der Waals surface area contributed by atoms with Crippen LogP contribution in [0.1, 0.15) is 0 Å². The monoisotopic (exact) mass is 363 g/mol. The van der Waals surface area contributed by atoms with E-state index in [0.29, 0.717) is 17.3 Å². The first kappa shape index (κ1) is 17.9. The molecule has 2 aromatic carbocycles. The Morgan fingerprint density at radius 3 is 1.70 bits per heavy atom. The summed E-state index contributed by atoms with van der Waals surface area (Å²) >= 11 is 0. The minimum absolute atomic E-state index is 0.00939. The molecule has 0 spiro atoms. The first-order valence-corrected chi connectivity index (χ1v) is 8.05. The number of nitrogens with zero attached hydrogens (tertiary/aromatic N) is 6. The number of benzene rings is 2. The van der Waals surface area contributed by atoms with Gasteiger partial charge in [-0.15, -0.1) is 20.5 Å². The van der Waals surface area contributed by atoms with Gasteiger partial charge in [-0.3, -0.25) is 10.1 Å². The van der Waals surface area contributed by atoms with E-state index in [1.165, 1.54) is 24.3 Å². The van der Waals surface area contributed by atoms with Crippen LogP contribution in [0, 0.1) is 10.1 Å². The number of H-pyrrole nitrogens is 1. The Balaban J connectivity index is 1.64. The van der Waals surface area contributed by atoms with Gasteiger partial charge in [-0.1, -0.05) is 0 Å². The topological polar surface area (TPSA) is 112 Å². The highest BCUT2D eigenvalue weighted by molar-refractivity contribution is 5.52. The highest BCUT2D eigenvalue weighted by atomic mass is 16.6. The van der Waals surface area contributed by atoms with Crippen LogP contribution in [0.4, 0.5) is 34.4 Å². The van der Waals surface area contributed by atoms with Crippen LogP contribution in [0.15, 0.2) is 81.1 Å². The van der Waals surface area contributed by atoms with Crippen molar-refractivity contribution in [2.24, 2.45) is 20.5 Å². The number of azo groups is 2. The van der Waals surface area contributed by atoms with Crippen LogP contribution < -0.4 is 4.90 Å². The van der Waals surface area contributed by atoms with Crippen molar-refractivity contribution in [3.8, 4) is 0 Å². The first-order valence-electron chi connectivity index (χ1n) is 8.05. The summed E-state index contributed by atoms with van der Waals surface area (Å²) in [6.45, 7) is 0. The Morgan fingerprint density at radius 2 is 1.26 bits per heavy atom. The van der Waals surface area contributed by atoms with E-state index in [0.717, 1.165) is 11.4 Å². The summed E-state index contributed by atoms with van der Waals surface area (Å²) < 4.78 is 0. The lowest BCUT2D eigenvalue weighted by molar-refractivity contribution is -0.384. The van der Waals surface area contributed by atoms with Crippen molar-refractivity contribution in [2.75, 3.05) is 19.0 Å². The van der Waals surface area contributed by atoms with Gasteiger partial charge in [0.15, 0.2) is 11.6 Å². The summed E-state index contributed by atoms with van der Waals surface area (Å²) in [6, 6.07) is 17.0. The lowest BCUT2D eigenvalue weighted by Gasteiger charge is -2.11. The van der Waals surface area contributed by atoms with Gasteiger partial charge in [0.25, 0.3) is 5.69 Å². The Hall–Kier alpha value is -3.88. The predicted molar refractivity (Wildman–Crippen MR) is 103 cm³/mol. The van der Waals surface area contributed by atoms with Crippen LogP contribution in [-0.4, -0.2) is 24.0 Å². The summed E-state index contributed by atoms with van der Waals surface area (Å²) in [6.07, 6.45) is 0. The molecule has 1 heterocycles. The standard InChI is InChI=1S/C18H17N7O2/c1-24(2)15-7-3-13(4-8-15)20-22-17-11-12-18(19-17)23-21-14-5-9-16(10-6-14)25(26)27/h3-12,19H,1-2H3. The van der Waals surface area contributed by atoms with Gasteiger partial charge in [0, 0.05) is 31.9 Å². The number of aromatic nitrogens is 1. The van der Waals surface area contributed by atoms with Gasteiger partial charge in [-0.05, 0) is 48.5 Å². The first-order chi connectivity index (χ1) is 13.0. The molecular formula is C18H17N7O2. The summed E-state index contributed by atoms with van der Waals surface area (Å²) in [4.78, 5) is 15.2. The summed E-state index contributed by atoms with van der Waals surface area (Å²) in [7, 11) is 3.95. The Kier molecular flexibility index (Phi) is 5.31. The lowest BCUT2D eigenvalue weighted by Crippen LogP contribution is -2.07. The summed E-state index contributed by atoms with van der Waals surface area (Å²) in [5.41, 5.74) is 2.35. The molecule has 3 rings (SSSR count). The minimum Gasteiger partial charge on any atom is -0.378 e. The van der Waals surface area contributed by atoms with E-state index in [1.807, 2.05) is 43.3 Å². The van der Waals surface area contributed by atoms with Gasteiger partial charge in [-0.2, -0.15) is 0 Å². The largest absolute Gasteiger partial charge is 0.378 e. The minimum atomic E-state index is -0.461. The molecule has 3 aromatic rings. The van der Waals surface area contributed by atoms with E-state index in [-0.39, 0.29) is 5.69 Å². The number of nitro benzene ring substituents is 1. The molecular weight excluding hydrogens is 346 g/mol. The SMILES string of the molecule is CN(C)c1ccc(N=Nc2ccc(N=Nc3ccc([N+](=O)[O-])cc3)[nH]2)cc1. The number of nitro groups is 1. The van der Waals surface area contributed by atoms with E-state index in [1.54, 1.807) is 12.1 Å². The fraction of sp³-hybridized carbons (Fsp3) is 0.111. The van der Waals surface area contributed by atoms with Crippen molar-refractivity contribution in [1.82, 2.24) is 4.98 Å². The van der Waals surface area contributed by atoms with Crippen LogP contribution in [0.2, 0.25) is 0 Å². The Labute approximate surface area is 155 Å². The smallest absolute Gasteiger partial charge is 0.269 e. The van der Waals surface area contributed by atoms with E-state index in [9.17, 15) is 10.1 Å². The van der Waals surface area contributed by atoms with Crippen molar-refractivity contribution in [2.45, 2.75) is 0 Å². The number of aromatic amines is 1. The van der Waals surface area contributed by atoms with Crippen LogP contribution in [0.5, 0.6) is 0 Å². The molecule has 1 aromatic heterocycles. The second-order valence-corrected chi connectivity index (χ2v) is 5.81. The molecule has 0 fully saturated rings. The third kappa shape index (κ3) is 4.82. The third-order valence-corrected chi connectivity index (χ3v) is 3.63. The molecule has 0 amide bonds. The quantitative estimate of drug-likeness (QED) is 0.338. The number of hydrogen-bond donors (Lipinski definition) is 1. The zero-order valence-electron chi connectivity index (χ0n) is 14.8. The molecule has 9 nitrogen and oxygen atoms in total. The second kappa shape index (κ2) is 8.00. The van der Waals surface area contributed by atoms with Gasteiger partial charge in [0.1, 0.15) is 0 Å². The molecule has 0 aliphatic carbocycles. The molecule has 0 radical (unpaired) electrons. The molecule has 0 saturated heterocycles. The molecule has 27 heavy (non-hydrogen) atoms. The van der Waals surface area contributed by atoms with Crippen LogP contribution in [-0.2, 0) is 0 Å². The van der Waals surface area contributed by atoms with Gasteiger partial charge < -0.3 is 9.88 Å².